The van der Waals surface area contributed by atoms with Crippen LogP contribution in [-0.2, 0) is 41.5 Å². The van der Waals surface area contributed by atoms with Gasteiger partial charge < -0.3 is 28.4 Å². The minimum absolute atomic E-state index is 0.0398. The molecule has 0 N–H and O–H groups in total. The van der Waals surface area contributed by atoms with E-state index in [1.165, 1.54) is 4.90 Å². The van der Waals surface area contributed by atoms with Crippen molar-refractivity contribution in [1.29, 1.82) is 0 Å². The first kappa shape index (κ1) is 35.0. The maximum Gasteiger partial charge on any atom is 0.457 e. The molecule has 0 aromatic heterocycles. The molecule has 10 nitrogen and oxygen atoms in total. The molecule has 0 bridgehead atoms. The number of hydrogen-bond donors (Lipinski definition) is 0. The van der Waals surface area contributed by atoms with Gasteiger partial charge in [-0.1, -0.05) is 85.1 Å². The third kappa shape index (κ3) is 7.57. The molecule has 2 aromatic rings. The second-order valence-corrected chi connectivity index (χ2v) is 14.3. The molecule has 3 fully saturated rings. The Kier molecular flexibility index (Phi) is 10.8. The summed E-state index contributed by atoms with van der Waals surface area (Å²) in [5, 5.41) is 0. The number of fused-ring (bicyclic) bond motifs is 1. The average molecular weight is 669 g/mol. The van der Waals surface area contributed by atoms with Crippen LogP contribution >= 0.6 is 11.6 Å². The van der Waals surface area contributed by atoms with E-state index < -0.39 is 52.4 Å². The highest BCUT2D eigenvalue weighted by molar-refractivity contribution is 6.45. The number of amides is 2. The Morgan fingerprint density at radius 1 is 0.894 bits per heavy atom. The van der Waals surface area contributed by atoms with Crippen LogP contribution in [0.1, 0.15) is 71.4 Å². The van der Waals surface area contributed by atoms with Crippen LogP contribution in [0.5, 0.6) is 0 Å². The first-order valence-electron chi connectivity index (χ1n) is 16.5. The largest absolute Gasteiger partial charge is 0.459 e. The minimum Gasteiger partial charge on any atom is -0.459 e. The molecule has 3 aliphatic heterocycles. The number of alkyl halides is 1. The van der Waals surface area contributed by atoms with Gasteiger partial charge in [-0.05, 0) is 64.9 Å². The second kappa shape index (κ2) is 14.5. The summed E-state index contributed by atoms with van der Waals surface area (Å²) in [6, 6.07) is 18.3. The van der Waals surface area contributed by atoms with Gasteiger partial charge in [0.25, 0.3) is 0 Å². The topological polar surface area (TPSA) is 104 Å². The van der Waals surface area contributed by atoms with E-state index in [9.17, 15) is 14.4 Å². The van der Waals surface area contributed by atoms with Crippen LogP contribution in [0.4, 0.5) is 9.59 Å². The summed E-state index contributed by atoms with van der Waals surface area (Å²) in [6.45, 7) is 10.2. The smallest absolute Gasteiger partial charge is 0.457 e. The van der Waals surface area contributed by atoms with Crippen LogP contribution in [0.2, 0.25) is 6.32 Å². The molecule has 3 saturated heterocycles. The lowest BCUT2D eigenvalue weighted by molar-refractivity contribution is -0.160. The zero-order valence-corrected chi connectivity index (χ0v) is 28.7. The molecule has 47 heavy (non-hydrogen) atoms. The van der Waals surface area contributed by atoms with Gasteiger partial charge in [-0.3, -0.25) is 4.90 Å². The minimum atomic E-state index is -1.37. The van der Waals surface area contributed by atoms with Gasteiger partial charge in [0, 0.05) is 19.0 Å². The van der Waals surface area contributed by atoms with Crippen LogP contribution in [0.15, 0.2) is 60.7 Å². The number of nitrogens with zero attached hydrogens (tertiary/aromatic N) is 2. The number of benzene rings is 2. The quantitative estimate of drug-likeness (QED) is 0.0848. The Morgan fingerprint density at radius 2 is 1.47 bits per heavy atom. The molecule has 12 heteroatoms. The number of halogens is 1. The van der Waals surface area contributed by atoms with Crippen molar-refractivity contribution in [2.24, 2.45) is 5.92 Å². The van der Waals surface area contributed by atoms with Crippen molar-refractivity contribution in [2.45, 2.75) is 108 Å². The van der Waals surface area contributed by atoms with Crippen molar-refractivity contribution in [3.05, 3.63) is 71.8 Å². The Hall–Kier alpha value is -3.28. The molecule has 3 aliphatic rings. The number of carbonyl (C=O) groups is 3. The van der Waals surface area contributed by atoms with E-state index in [1.807, 2.05) is 88.4 Å². The Balaban J connectivity index is 1.41. The van der Waals surface area contributed by atoms with E-state index >= 15 is 0 Å². The molecule has 0 saturated carbocycles. The Morgan fingerprint density at radius 3 is 2.04 bits per heavy atom. The predicted octanol–water partition coefficient (Wildman–Crippen LogP) is 6.80. The molecule has 3 heterocycles. The lowest BCUT2D eigenvalue weighted by Crippen LogP contribution is -2.57. The molecule has 4 atom stereocenters. The SMILES string of the molecule is CC(Cl)OC(=O)N1CC[C@H]2[C@@H]1CN(C(=O)OCc1ccccc1)[C@@]2(CCCCB1OC(C)(C)C(C)(C)O1)C(=O)OCc1ccccc1. The van der Waals surface area contributed by atoms with E-state index in [4.69, 9.17) is 35.1 Å². The van der Waals surface area contributed by atoms with Crippen molar-refractivity contribution < 1.29 is 37.9 Å². The van der Waals surface area contributed by atoms with Crippen LogP contribution in [-0.4, -0.2) is 76.5 Å². The lowest BCUT2D eigenvalue weighted by Gasteiger charge is -2.39. The summed E-state index contributed by atoms with van der Waals surface area (Å²) in [6.07, 6.45) is 1.48. The van der Waals surface area contributed by atoms with Gasteiger partial charge >= 0.3 is 25.3 Å². The molecular weight excluding hydrogens is 623 g/mol. The standard InChI is InChI=1S/C35H46BClN2O8/c1-25(37)45-31(41)38-21-18-28-29(38)22-39(32(42)44-24-27-16-10-7-11-17-27)35(28,30(40)43-23-26-14-8-6-9-15-26)19-12-13-20-36-46-33(2,3)34(4,5)47-36/h6-11,14-17,25,28-29H,12-13,18-24H2,1-5H3/t25?,28-,29-,35+/m0/s1. The molecular formula is C35H46BClN2O8. The monoisotopic (exact) mass is 668 g/mol. The van der Waals surface area contributed by atoms with Crippen molar-refractivity contribution >= 4 is 36.9 Å². The molecule has 2 aromatic carbocycles. The molecule has 2 amide bonds. The van der Waals surface area contributed by atoms with Crippen LogP contribution in [0.25, 0.3) is 0 Å². The normalized spacial score (nSPS) is 24.9. The van der Waals surface area contributed by atoms with Crippen LogP contribution in [0, 0.1) is 5.92 Å². The Labute approximate surface area is 283 Å². The number of rotatable bonds is 11. The first-order chi connectivity index (χ1) is 22.3. The van der Waals surface area contributed by atoms with E-state index in [1.54, 1.807) is 11.8 Å². The van der Waals surface area contributed by atoms with Crippen molar-refractivity contribution in [3.8, 4) is 0 Å². The number of unbranched alkanes of at least 4 members (excludes halogenated alkanes) is 1. The third-order valence-corrected chi connectivity index (χ3v) is 10.1. The predicted molar refractivity (Wildman–Crippen MR) is 177 cm³/mol. The van der Waals surface area contributed by atoms with Crippen LogP contribution in [0.3, 0.4) is 0 Å². The third-order valence-electron chi connectivity index (χ3n) is 10.0. The van der Waals surface area contributed by atoms with Gasteiger partial charge in [-0.25, -0.2) is 14.4 Å². The van der Waals surface area contributed by atoms with Crippen molar-refractivity contribution in [1.82, 2.24) is 9.80 Å². The number of likely N-dealkylation sites (tertiary alicyclic amines) is 2. The van der Waals surface area contributed by atoms with E-state index in [0.29, 0.717) is 38.5 Å². The fraction of sp³-hybridized carbons (Fsp3) is 0.571. The average Bonchev–Trinajstić information content (AvgIpc) is 3.66. The maximum atomic E-state index is 14.5. The number of hydrogen-bond acceptors (Lipinski definition) is 8. The molecule has 5 rings (SSSR count). The highest BCUT2D eigenvalue weighted by Gasteiger charge is 2.65. The highest BCUT2D eigenvalue weighted by Crippen LogP contribution is 2.48. The first-order valence-corrected chi connectivity index (χ1v) is 16.9. The summed E-state index contributed by atoms with van der Waals surface area (Å²) in [5.74, 6) is -0.910. The molecule has 0 aliphatic carbocycles. The zero-order chi connectivity index (χ0) is 33.8. The summed E-state index contributed by atoms with van der Waals surface area (Å²) >= 11 is 6.00. The number of carbonyl (C=O) groups excluding carboxylic acids is 3. The van der Waals surface area contributed by atoms with Gasteiger partial charge in [-0.15, -0.1) is 0 Å². The molecule has 254 valence electrons. The summed E-state index contributed by atoms with van der Waals surface area (Å²) < 4.78 is 29.6. The molecule has 0 spiro atoms. The fourth-order valence-corrected chi connectivity index (χ4v) is 7.05. The van der Waals surface area contributed by atoms with E-state index in [-0.39, 0.29) is 26.9 Å². The van der Waals surface area contributed by atoms with Gasteiger partial charge in [0.1, 0.15) is 18.8 Å². The van der Waals surface area contributed by atoms with E-state index in [0.717, 1.165) is 11.1 Å². The summed E-state index contributed by atoms with van der Waals surface area (Å²) in [7, 11) is -0.376. The number of ether oxygens (including phenoxy) is 3. The lowest BCUT2D eigenvalue weighted by atomic mass is 9.76. The van der Waals surface area contributed by atoms with Gasteiger partial charge in [0.15, 0.2) is 5.56 Å². The van der Waals surface area contributed by atoms with Gasteiger partial charge in [-0.2, -0.15) is 0 Å². The maximum absolute atomic E-state index is 14.5. The van der Waals surface area contributed by atoms with E-state index in [2.05, 4.69) is 0 Å². The summed E-state index contributed by atoms with van der Waals surface area (Å²) in [4.78, 5) is 44.7. The van der Waals surface area contributed by atoms with Crippen molar-refractivity contribution in [3.63, 3.8) is 0 Å². The molecule has 0 radical (unpaired) electrons. The number of esters is 1. The Bertz CT molecular complexity index is 1380. The van der Waals surface area contributed by atoms with Crippen LogP contribution < -0.4 is 0 Å². The van der Waals surface area contributed by atoms with Gasteiger partial charge in [0.2, 0.25) is 0 Å². The molecule has 1 unspecified atom stereocenters. The van der Waals surface area contributed by atoms with Crippen molar-refractivity contribution in [2.75, 3.05) is 13.1 Å². The fourth-order valence-electron chi connectivity index (χ4n) is 6.98. The highest BCUT2D eigenvalue weighted by atomic mass is 35.5. The second-order valence-electron chi connectivity index (χ2n) is 13.7. The van der Waals surface area contributed by atoms with Gasteiger partial charge in [0.05, 0.1) is 17.2 Å². The summed E-state index contributed by atoms with van der Waals surface area (Å²) in [5.41, 5.74) is -1.43. The zero-order valence-electron chi connectivity index (χ0n) is 28.0.